The average molecular weight is 448 g/mol. The van der Waals surface area contributed by atoms with Gasteiger partial charge in [-0.05, 0) is 29.8 Å². The van der Waals surface area contributed by atoms with Crippen molar-refractivity contribution < 1.29 is 18.7 Å². The van der Waals surface area contributed by atoms with E-state index < -0.39 is 5.95 Å². The van der Waals surface area contributed by atoms with E-state index in [1.54, 1.807) is 35.2 Å². The van der Waals surface area contributed by atoms with Crippen molar-refractivity contribution in [1.29, 1.82) is 0 Å². The van der Waals surface area contributed by atoms with Gasteiger partial charge in [-0.15, -0.1) is 0 Å². The van der Waals surface area contributed by atoms with Crippen LogP contribution < -0.4 is 10.1 Å². The minimum absolute atomic E-state index is 0.159. The molecule has 3 aromatic rings. The van der Waals surface area contributed by atoms with Crippen LogP contribution in [0, 0.1) is 5.95 Å². The third kappa shape index (κ3) is 4.37. The van der Waals surface area contributed by atoms with E-state index in [1.807, 2.05) is 4.90 Å². The smallest absolute Gasteiger partial charge is 0.274 e. The van der Waals surface area contributed by atoms with Crippen LogP contribution >= 0.6 is 0 Å². The van der Waals surface area contributed by atoms with Crippen molar-refractivity contribution in [2.45, 2.75) is 6.04 Å². The first-order chi connectivity index (χ1) is 16.1. The van der Waals surface area contributed by atoms with Crippen molar-refractivity contribution in [2.24, 2.45) is 0 Å². The van der Waals surface area contributed by atoms with Gasteiger partial charge in [0.2, 0.25) is 11.9 Å². The lowest BCUT2D eigenvalue weighted by Gasteiger charge is -2.40. The number of pyridine rings is 1. The topological polar surface area (TPSA) is 101 Å². The number of ether oxygens (including phenoxy) is 1. The van der Waals surface area contributed by atoms with Crippen LogP contribution in [0.3, 0.4) is 0 Å². The fourth-order valence-electron chi connectivity index (χ4n) is 4.10. The summed E-state index contributed by atoms with van der Waals surface area (Å²) in [7, 11) is 0. The van der Waals surface area contributed by atoms with E-state index in [1.165, 1.54) is 24.8 Å². The van der Waals surface area contributed by atoms with Gasteiger partial charge in [0, 0.05) is 43.8 Å². The first-order valence-electron chi connectivity index (χ1n) is 10.6. The fraction of sp³-hybridized carbons (Fsp3) is 0.261. The van der Waals surface area contributed by atoms with Gasteiger partial charge in [-0.3, -0.25) is 19.5 Å². The summed E-state index contributed by atoms with van der Waals surface area (Å²) < 4.78 is 20.2. The SMILES string of the molecule is O=C1CN2CCN(C(=O)c3cnccn3)C[C@@H]2COc2ccc(-c3cccnc3F)cc2N1. The van der Waals surface area contributed by atoms with Crippen LogP contribution in [-0.2, 0) is 4.79 Å². The Balaban J connectivity index is 1.37. The molecule has 2 amide bonds. The Morgan fingerprint density at radius 2 is 2.06 bits per heavy atom. The first kappa shape index (κ1) is 21.0. The zero-order valence-corrected chi connectivity index (χ0v) is 17.6. The Hall–Kier alpha value is -3.92. The molecule has 2 aliphatic heterocycles. The molecule has 10 heteroatoms. The lowest BCUT2D eigenvalue weighted by Crippen LogP contribution is -2.58. The van der Waals surface area contributed by atoms with E-state index in [9.17, 15) is 14.0 Å². The highest BCUT2D eigenvalue weighted by Crippen LogP contribution is 2.32. The molecule has 168 valence electrons. The summed E-state index contributed by atoms with van der Waals surface area (Å²) in [5.74, 6) is -0.506. The number of halogens is 1. The number of piperazine rings is 1. The Morgan fingerprint density at radius 3 is 2.88 bits per heavy atom. The van der Waals surface area contributed by atoms with Gasteiger partial charge in [0.05, 0.1) is 24.5 Å². The lowest BCUT2D eigenvalue weighted by molar-refractivity contribution is -0.118. The van der Waals surface area contributed by atoms with Crippen molar-refractivity contribution in [2.75, 3.05) is 38.1 Å². The maximum atomic E-state index is 14.1. The van der Waals surface area contributed by atoms with Gasteiger partial charge >= 0.3 is 0 Å². The minimum atomic E-state index is -0.585. The Labute approximate surface area is 189 Å². The molecule has 0 aliphatic carbocycles. The Bertz CT molecular complexity index is 1190. The summed E-state index contributed by atoms with van der Waals surface area (Å²) in [5.41, 5.74) is 1.67. The molecule has 5 rings (SSSR count). The monoisotopic (exact) mass is 448 g/mol. The molecule has 1 aromatic carbocycles. The molecular formula is C23H21FN6O3. The number of aromatic nitrogens is 3. The number of rotatable bonds is 2. The quantitative estimate of drug-likeness (QED) is 0.597. The molecule has 2 aromatic heterocycles. The molecule has 1 atom stereocenters. The number of carbonyl (C=O) groups is 2. The van der Waals surface area contributed by atoms with Crippen molar-refractivity contribution in [3.05, 3.63) is 66.8 Å². The van der Waals surface area contributed by atoms with E-state index in [-0.39, 0.29) is 36.7 Å². The number of carbonyl (C=O) groups excluding carboxylic acids is 2. The maximum absolute atomic E-state index is 14.1. The highest BCUT2D eigenvalue weighted by Gasteiger charge is 2.33. The van der Waals surface area contributed by atoms with Gasteiger partial charge in [-0.2, -0.15) is 4.39 Å². The summed E-state index contributed by atoms with van der Waals surface area (Å²) in [6.45, 7) is 1.84. The van der Waals surface area contributed by atoms with Crippen LogP contribution in [0.25, 0.3) is 11.1 Å². The summed E-state index contributed by atoms with van der Waals surface area (Å²) >= 11 is 0. The predicted molar refractivity (Wildman–Crippen MR) is 117 cm³/mol. The van der Waals surface area contributed by atoms with Crippen molar-refractivity contribution in [1.82, 2.24) is 24.8 Å². The number of hydrogen-bond donors (Lipinski definition) is 1. The Kier molecular flexibility index (Phi) is 5.66. The molecule has 2 aliphatic rings. The van der Waals surface area contributed by atoms with Gasteiger partial charge in [0.15, 0.2) is 0 Å². The molecule has 0 bridgehead atoms. The van der Waals surface area contributed by atoms with Crippen LogP contribution in [0.1, 0.15) is 10.5 Å². The van der Waals surface area contributed by atoms with Gasteiger partial charge in [0.1, 0.15) is 18.1 Å². The van der Waals surface area contributed by atoms with E-state index in [0.29, 0.717) is 42.2 Å². The highest BCUT2D eigenvalue weighted by atomic mass is 19.1. The average Bonchev–Trinajstić information content (AvgIpc) is 2.90. The summed E-state index contributed by atoms with van der Waals surface area (Å²) in [6.07, 6.45) is 5.83. The van der Waals surface area contributed by atoms with E-state index in [2.05, 4.69) is 20.3 Å². The van der Waals surface area contributed by atoms with Gasteiger partial charge in [-0.25, -0.2) is 9.97 Å². The second-order valence-electron chi connectivity index (χ2n) is 7.88. The summed E-state index contributed by atoms with van der Waals surface area (Å²) in [5, 5.41) is 2.88. The number of nitrogens with zero attached hydrogens (tertiary/aromatic N) is 5. The van der Waals surface area contributed by atoms with Crippen molar-refractivity contribution in [3.63, 3.8) is 0 Å². The molecule has 4 heterocycles. The van der Waals surface area contributed by atoms with E-state index >= 15 is 0 Å². The number of amides is 2. The number of hydrogen-bond acceptors (Lipinski definition) is 7. The second kappa shape index (κ2) is 8.91. The number of anilines is 1. The van der Waals surface area contributed by atoms with Gasteiger partial charge in [0.25, 0.3) is 5.91 Å². The maximum Gasteiger partial charge on any atom is 0.274 e. The minimum Gasteiger partial charge on any atom is -0.490 e. The third-order valence-corrected chi connectivity index (χ3v) is 5.78. The second-order valence-corrected chi connectivity index (χ2v) is 7.88. The van der Waals surface area contributed by atoms with E-state index in [0.717, 1.165) is 0 Å². The summed E-state index contributed by atoms with van der Waals surface area (Å²) in [4.78, 5) is 41.0. The van der Waals surface area contributed by atoms with Crippen LogP contribution in [0.4, 0.5) is 10.1 Å². The molecular weight excluding hydrogens is 427 g/mol. The number of fused-ring (bicyclic) bond motifs is 2. The molecule has 33 heavy (non-hydrogen) atoms. The zero-order valence-electron chi connectivity index (χ0n) is 17.6. The molecule has 0 saturated carbocycles. The molecule has 1 N–H and O–H groups in total. The van der Waals surface area contributed by atoms with Gasteiger partial charge in [-0.1, -0.05) is 6.07 Å². The van der Waals surface area contributed by atoms with Crippen LogP contribution in [0.15, 0.2) is 55.1 Å². The zero-order chi connectivity index (χ0) is 22.8. The van der Waals surface area contributed by atoms with Crippen molar-refractivity contribution in [3.8, 4) is 16.9 Å². The molecule has 0 radical (unpaired) electrons. The molecule has 1 saturated heterocycles. The lowest BCUT2D eigenvalue weighted by atomic mass is 10.1. The van der Waals surface area contributed by atoms with E-state index in [4.69, 9.17) is 4.74 Å². The van der Waals surface area contributed by atoms with Crippen LogP contribution in [-0.4, -0.2) is 75.4 Å². The number of nitrogens with one attached hydrogen (secondary N) is 1. The highest BCUT2D eigenvalue weighted by molar-refractivity contribution is 5.95. The largest absolute Gasteiger partial charge is 0.490 e. The molecule has 0 spiro atoms. The van der Waals surface area contributed by atoms with Gasteiger partial charge < -0.3 is 15.0 Å². The fourth-order valence-corrected chi connectivity index (χ4v) is 4.10. The first-order valence-corrected chi connectivity index (χ1v) is 10.6. The normalized spacial score (nSPS) is 18.6. The Morgan fingerprint density at radius 1 is 1.15 bits per heavy atom. The number of benzene rings is 1. The predicted octanol–water partition coefficient (Wildman–Crippen LogP) is 1.84. The standard InChI is InChI=1S/C23H21FN6O3/c24-22-17(2-1-5-27-22)15-3-4-20-18(10-15)28-21(31)13-29-8-9-30(12-16(29)14-33-20)23(32)19-11-25-6-7-26-19/h1-7,10-11,16H,8-9,12-14H2,(H,28,31)/t16-/m1/s1. The molecule has 0 unspecified atom stereocenters. The van der Waals surface area contributed by atoms with Crippen LogP contribution in [0.2, 0.25) is 0 Å². The summed E-state index contributed by atoms with van der Waals surface area (Å²) in [6, 6.07) is 8.23. The molecule has 1 fully saturated rings. The van der Waals surface area contributed by atoms with Crippen LogP contribution in [0.5, 0.6) is 5.75 Å². The van der Waals surface area contributed by atoms with Crippen molar-refractivity contribution >= 4 is 17.5 Å². The molecule has 9 nitrogen and oxygen atoms in total. The third-order valence-electron chi connectivity index (χ3n) is 5.78.